The lowest BCUT2D eigenvalue weighted by Gasteiger charge is -2.26. The summed E-state index contributed by atoms with van der Waals surface area (Å²) in [6.07, 6.45) is 0.549. The molecule has 94 valence electrons. The molecular formula is C12H24N2OS. The quantitative estimate of drug-likeness (QED) is 0.728. The Hall–Kier alpha value is -0.640. The van der Waals surface area contributed by atoms with Crippen molar-refractivity contribution in [3.8, 4) is 0 Å². The summed E-state index contributed by atoms with van der Waals surface area (Å²) in [6, 6.07) is 0. The molecule has 0 aliphatic rings. The van der Waals surface area contributed by atoms with Crippen molar-refractivity contribution in [3.63, 3.8) is 0 Å². The number of carbonyl (C=O) groups excluding carboxylic acids is 1. The van der Waals surface area contributed by atoms with Crippen LogP contribution >= 0.6 is 12.2 Å². The summed E-state index contributed by atoms with van der Waals surface area (Å²) in [5, 5.41) is 2.86. The number of carbonyl (C=O) groups is 1. The van der Waals surface area contributed by atoms with Crippen LogP contribution in [0.3, 0.4) is 0 Å². The van der Waals surface area contributed by atoms with E-state index >= 15 is 0 Å². The first kappa shape index (κ1) is 15.4. The summed E-state index contributed by atoms with van der Waals surface area (Å²) in [7, 11) is 0. The molecule has 0 bridgehead atoms. The van der Waals surface area contributed by atoms with E-state index in [4.69, 9.17) is 18.0 Å². The fourth-order valence-corrected chi connectivity index (χ4v) is 1.11. The topological polar surface area (TPSA) is 55.1 Å². The Bertz CT molecular complexity index is 258. The normalized spacial score (nSPS) is 15.3. The van der Waals surface area contributed by atoms with Gasteiger partial charge in [0.25, 0.3) is 0 Å². The number of hydrogen-bond donors (Lipinski definition) is 2. The van der Waals surface area contributed by atoms with Crippen LogP contribution in [0.25, 0.3) is 0 Å². The highest BCUT2D eigenvalue weighted by Crippen LogP contribution is 2.27. The van der Waals surface area contributed by atoms with Crippen molar-refractivity contribution < 1.29 is 4.79 Å². The van der Waals surface area contributed by atoms with Crippen molar-refractivity contribution in [2.45, 2.75) is 41.0 Å². The van der Waals surface area contributed by atoms with Gasteiger partial charge in [-0.25, -0.2) is 0 Å². The molecular weight excluding hydrogens is 220 g/mol. The summed E-state index contributed by atoms with van der Waals surface area (Å²) < 4.78 is 0. The lowest BCUT2D eigenvalue weighted by Crippen LogP contribution is -2.35. The minimum absolute atomic E-state index is 0.0592. The minimum Gasteiger partial charge on any atom is -0.393 e. The Kier molecular flexibility index (Phi) is 5.94. The first-order chi connectivity index (χ1) is 7.14. The average molecular weight is 244 g/mol. The lowest BCUT2D eigenvalue weighted by atomic mass is 9.80. The number of rotatable bonds is 5. The zero-order valence-electron chi connectivity index (χ0n) is 11.0. The van der Waals surface area contributed by atoms with Gasteiger partial charge in [-0.05, 0) is 11.3 Å². The number of nitrogens with two attached hydrogens (primary N) is 1. The van der Waals surface area contributed by atoms with Gasteiger partial charge in [-0.2, -0.15) is 0 Å². The van der Waals surface area contributed by atoms with E-state index in [-0.39, 0.29) is 17.2 Å². The molecule has 2 unspecified atom stereocenters. The van der Waals surface area contributed by atoms with Crippen LogP contribution in [0.5, 0.6) is 0 Å². The number of nitrogens with one attached hydrogen (secondary N) is 1. The van der Waals surface area contributed by atoms with Crippen LogP contribution in [0.1, 0.15) is 41.0 Å². The molecule has 0 rings (SSSR count). The average Bonchev–Trinajstić information content (AvgIpc) is 2.12. The molecule has 0 spiro atoms. The van der Waals surface area contributed by atoms with Crippen LogP contribution in [0.15, 0.2) is 0 Å². The molecule has 2 atom stereocenters. The molecule has 0 aromatic rings. The van der Waals surface area contributed by atoms with Crippen LogP contribution in [0.4, 0.5) is 0 Å². The number of thiocarbonyl (C=S) groups is 1. The van der Waals surface area contributed by atoms with E-state index in [2.05, 4.69) is 33.0 Å². The molecule has 0 fully saturated rings. The van der Waals surface area contributed by atoms with Crippen molar-refractivity contribution in [2.75, 3.05) is 6.54 Å². The molecule has 16 heavy (non-hydrogen) atoms. The van der Waals surface area contributed by atoms with Crippen molar-refractivity contribution >= 4 is 23.1 Å². The van der Waals surface area contributed by atoms with Gasteiger partial charge in [-0.3, -0.25) is 4.79 Å². The zero-order chi connectivity index (χ0) is 12.9. The largest absolute Gasteiger partial charge is 0.393 e. The Balaban J connectivity index is 3.97. The van der Waals surface area contributed by atoms with Crippen LogP contribution in [0.2, 0.25) is 0 Å². The zero-order valence-corrected chi connectivity index (χ0v) is 11.8. The molecule has 0 aromatic carbocycles. The fourth-order valence-electron chi connectivity index (χ4n) is 1.02. The molecule has 1 amide bonds. The van der Waals surface area contributed by atoms with Gasteiger partial charge in [-0.1, -0.05) is 46.8 Å². The Labute approximate surface area is 104 Å². The van der Waals surface area contributed by atoms with E-state index in [1.807, 2.05) is 6.92 Å². The predicted molar refractivity (Wildman–Crippen MR) is 72.2 cm³/mol. The second-order valence-electron chi connectivity index (χ2n) is 5.58. The summed E-state index contributed by atoms with van der Waals surface area (Å²) in [5.41, 5.74) is 5.63. The highest BCUT2D eigenvalue weighted by atomic mass is 32.1. The Morgan fingerprint density at radius 1 is 1.38 bits per heavy atom. The van der Waals surface area contributed by atoms with E-state index in [1.165, 1.54) is 0 Å². The standard InChI is InChI=1S/C12H24N2OS/c1-8(11(13)16)7-14-10(15)6-9(2)12(3,4)5/h8-9H,6-7H2,1-5H3,(H2,13,16)(H,14,15). The highest BCUT2D eigenvalue weighted by Gasteiger charge is 2.22. The van der Waals surface area contributed by atoms with E-state index in [9.17, 15) is 4.79 Å². The van der Waals surface area contributed by atoms with E-state index in [0.29, 0.717) is 23.9 Å². The van der Waals surface area contributed by atoms with Crippen LogP contribution < -0.4 is 11.1 Å². The molecule has 0 aliphatic carbocycles. The third kappa shape index (κ3) is 6.05. The van der Waals surface area contributed by atoms with Crippen molar-refractivity contribution in [2.24, 2.45) is 23.0 Å². The summed E-state index contributed by atoms with van der Waals surface area (Å²) in [4.78, 5) is 12.1. The second kappa shape index (κ2) is 6.18. The molecule has 0 radical (unpaired) electrons. The van der Waals surface area contributed by atoms with Crippen LogP contribution in [-0.2, 0) is 4.79 Å². The van der Waals surface area contributed by atoms with Crippen molar-refractivity contribution in [1.82, 2.24) is 5.32 Å². The first-order valence-electron chi connectivity index (χ1n) is 5.70. The maximum atomic E-state index is 11.6. The predicted octanol–water partition coefficient (Wildman–Crippen LogP) is 2.10. The van der Waals surface area contributed by atoms with E-state index in [0.717, 1.165) is 0 Å². The summed E-state index contributed by atoms with van der Waals surface area (Å²) in [6.45, 7) is 11.0. The lowest BCUT2D eigenvalue weighted by molar-refractivity contribution is -0.122. The fraction of sp³-hybridized carbons (Fsp3) is 0.833. The molecule has 4 heteroatoms. The number of amides is 1. The van der Waals surface area contributed by atoms with Crippen molar-refractivity contribution in [1.29, 1.82) is 0 Å². The van der Waals surface area contributed by atoms with Crippen molar-refractivity contribution in [3.05, 3.63) is 0 Å². The monoisotopic (exact) mass is 244 g/mol. The van der Waals surface area contributed by atoms with Gasteiger partial charge in [0.05, 0.1) is 4.99 Å². The maximum absolute atomic E-state index is 11.6. The van der Waals surface area contributed by atoms with Gasteiger partial charge in [0.1, 0.15) is 0 Å². The van der Waals surface area contributed by atoms with Gasteiger partial charge in [0.15, 0.2) is 0 Å². The molecule has 0 heterocycles. The summed E-state index contributed by atoms with van der Waals surface area (Å²) in [5.74, 6) is 0.488. The molecule has 0 saturated heterocycles. The third-order valence-electron chi connectivity index (χ3n) is 3.06. The Morgan fingerprint density at radius 2 is 1.88 bits per heavy atom. The molecule has 0 aliphatic heterocycles. The molecule has 3 nitrogen and oxygen atoms in total. The van der Waals surface area contributed by atoms with E-state index in [1.54, 1.807) is 0 Å². The van der Waals surface area contributed by atoms with Gasteiger partial charge in [-0.15, -0.1) is 0 Å². The van der Waals surface area contributed by atoms with Crippen LogP contribution in [0, 0.1) is 17.3 Å². The van der Waals surface area contributed by atoms with Gasteiger partial charge < -0.3 is 11.1 Å². The van der Waals surface area contributed by atoms with Gasteiger partial charge in [0.2, 0.25) is 5.91 Å². The summed E-state index contributed by atoms with van der Waals surface area (Å²) >= 11 is 4.84. The van der Waals surface area contributed by atoms with Gasteiger partial charge >= 0.3 is 0 Å². The van der Waals surface area contributed by atoms with Gasteiger partial charge in [0, 0.05) is 18.9 Å². The van der Waals surface area contributed by atoms with Crippen LogP contribution in [-0.4, -0.2) is 17.4 Å². The van der Waals surface area contributed by atoms with E-state index < -0.39 is 0 Å². The smallest absolute Gasteiger partial charge is 0.220 e. The first-order valence-corrected chi connectivity index (χ1v) is 6.11. The molecule has 0 aromatic heterocycles. The molecule has 3 N–H and O–H groups in total. The minimum atomic E-state index is 0.0592. The highest BCUT2D eigenvalue weighted by molar-refractivity contribution is 7.80. The number of hydrogen-bond acceptors (Lipinski definition) is 2. The second-order valence-corrected chi connectivity index (χ2v) is 6.05. The third-order valence-corrected chi connectivity index (χ3v) is 3.46. The molecule has 0 saturated carbocycles. The maximum Gasteiger partial charge on any atom is 0.220 e. The SMILES string of the molecule is CC(CNC(=O)CC(C)C(C)(C)C)C(N)=S. The Morgan fingerprint density at radius 3 is 2.25 bits per heavy atom.